The van der Waals surface area contributed by atoms with E-state index in [-0.39, 0.29) is 12.4 Å². The number of rotatable bonds is 6. The summed E-state index contributed by atoms with van der Waals surface area (Å²) in [6.07, 6.45) is -0.870. The molecule has 1 unspecified atom stereocenters. The first kappa shape index (κ1) is 14.5. The third-order valence-corrected chi connectivity index (χ3v) is 3.11. The zero-order valence-corrected chi connectivity index (χ0v) is 11.3. The Labute approximate surface area is 118 Å². The Hall–Kier alpha value is -1.91. The predicted molar refractivity (Wildman–Crippen MR) is 76.1 cm³/mol. The normalized spacial score (nSPS) is 12.2. The van der Waals surface area contributed by atoms with E-state index in [4.69, 9.17) is 4.74 Å². The maximum absolute atomic E-state index is 13.5. The average Bonchev–Trinajstić information content (AvgIpc) is 2.48. The highest BCUT2D eigenvalue weighted by molar-refractivity contribution is 5.33. The standard InChI is InChI=1S/C16H18FNO2/c1-20-16-9-5-2-6-12(16)10-18-11-15(19)13-7-3-4-8-14(13)17/h2-9,15,18-19H,10-11H2,1H3. The van der Waals surface area contributed by atoms with Gasteiger partial charge in [0.2, 0.25) is 0 Å². The zero-order chi connectivity index (χ0) is 14.4. The van der Waals surface area contributed by atoms with Crippen LogP contribution in [0.2, 0.25) is 0 Å². The summed E-state index contributed by atoms with van der Waals surface area (Å²) in [5.41, 5.74) is 1.30. The minimum absolute atomic E-state index is 0.277. The van der Waals surface area contributed by atoms with Crippen molar-refractivity contribution in [2.45, 2.75) is 12.6 Å². The number of methoxy groups -OCH3 is 1. The number of aliphatic hydroxyl groups is 1. The van der Waals surface area contributed by atoms with Gasteiger partial charge in [0.15, 0.2) is 0 Å². The van der Waals surface area contributed by atoms with E-state index >= 15 is 0 Å². The van der Waals surface area contributed by atoms with Crippen LogP contribution in [0.3, 0.4) is 0 Å². The molecule has 0 aromatic heterocycles. The van der Waals surface area contributed by atoms with Crippen LogP contribution in [0.25, 0.3) is 0 Å². The summed E-state index contributed by atoms with van der Waals surface area (Å²) in [6, 6.07) is 13.9. The third-order valence-electron chi connectivity index (χ3n) is 3.11. The molecule has 106 valence electrons. The summed E-state index contributed by atoms with van der Waals surface area (Å²) in [5.74, 6) is 0.402. The molecule has 0 heterocycles. The highest BCUT2D eigenvalue weighted by Crippen LogP contribution is 2.18. The molecular formula is C16H18FNO2. The second-order valence-electron chi connectivity index (χ2n) is 4.48. The molecular weight excluding hydrogens is 257 g/mol. The van der Waals surface area contributed by atoms with Crippen molar-refractivity contribution in [3.05, 3.63) is 65.5 Å². The molecule has 2 aromatic carbocycles. The van der Waals surface area contributed by atoms with Gasteiger partial charge in [0, 0.05) is 24.2 Å². The van der Waals surface area contributed by atoms with Gasteiger partial charge in [-0.15, -0.1) is 0 Å². The van der Waals surface area contributed by atoms with Gasteiger partial charge < -0.3 is 15.2 Å². The van der Waals surface area contributed by atoms with Gasteiger partial charge >= 0.3 is 0 Å². The molecule has 1 atom stereocenters. The Morgan fingerprint density at radius 2 is 1.85 bits per heavy atom. The first-order valence-corrected chi connectivity index (χ1v) is 6.47. The molecule has 0 amide bonds. The van der Waals surface area contributed by atoms with Gasteiger partial charge in [-0.1, -0.05) is 36.4 Å². The van der Waals surface area contributed by atoms with Crippen molar-refractivity contribution < 1.29 is 14.2 Å². The minimum atomic E-state index is -0.870. The van der Waals surface area contributed by atoms with Crippen LogP contribution in [0, 0.1) is 5.82 Å². The van der Waals surface area contributed by atoms with Crippen molar-refractivity contribution >= 4 is 0 Å². The Kier molecular flexibility index (Phi) is 5.09. The lowest BCUT2D eigenvalue weighted by molar-refractivity contribution is 0.169. The number of para-hydroxylation sites is 1. The Morgan fingerprint density at radius 3 is 2.60 bits per heavy atom. The fourth-order valence-electron chi connectivity index (χ4n) is 2.05. The average molecular weight is 275 g/mol. The van der Waals surface area contributed by atoms with E-state index in [2.05, 4.69) is 5.32 Å². The van der Waals surface area contributed by atoms with E-state index in [1.165, 1.54) is 6.07 Å². The first-order chi connectivity index (χ1) is 9.72. The van der Waals surface area contributed by atoms with Crippen molar-refractivity contribution in [3.8, 4) is 5.75 Å². The predicted octanol–water partition coefficient (Wildman–Crippen LogP) is 2.66. The highest BCUT2D eigenvalue weighted by Gasteiger charge is 2.11. The number of benzene rings is 2. The van der Waals surface area contributed by atoms with E-state index in [0.29, 0.717) is 12.1 Å². The van der Waals surface area contributed by atoms with Crippen molar-refractivity contribution in [1.82, 2.24) is 5.32 Å². The maximum atomic E-state index is 13.5. The molecule has 0 aliphatic carbocycles. The van der Waals surface area contributed by atoms with E-state index in [1.807, 2.05) is 24.3 Å². The molecule has 0 spiro atoms. The topological polar surface area (TPSA) is 41.5 Å². The van der Waals surface area contributed by atoms with Crippen LogP contribution in [0.5, 0.6) is 5.75 Å². The molecule has 0 saturated carbocycles. The Balaban J connectivity index is 1.91. The number of aliphatic hydroxyl groups excluding tert-OH is 1. The van der Waals surface area contributed by atoms with Gasteiger partial charge in [0.05, 0.1) is 13.2 Å². The van der Waals surface area contributed by atoms with E-state index < -0.39 is 6.10 Å². The number of hydrogen-bond donors (Lipinski definition) is 2. The van der Waals surface area contributed by atoms with Crippen LogP contribution in [-0.4, -0.2) is 18.8 Å². The quantitative estimate of drug-likeness (QED) is 0.851. The molecule has 0 bridgehead atoms. The summed E-state index contributed by atoms with van der Waals surface area (Å²) < 4.78 is 18.7. The van der Waals surface area contributed by atoms with Gasteiger partial charge in [0.1, 0.15) is 11.6 Å². The molecule has 3 nitrogen and oxygen atoms in total. The van der Waals surface area contributed by atoms with E-state index in [9.17, 15) is 9.50 Å². The molecule has 2 aromatic rings. The minimum Gasteiger partial charge on any atom is -0.496 e. The molecule has 2 rings (SSSR count). The van der Waals surface area contributed by atoms with Crippen molar-refractivity contribution in [1.29, 1.82) is 0 Å². The highest BCUT2D eigenvalue weighted by atomic mass is 19.1. The first-order valence-electron chi connectivity index (χ1n) is 6.47. The fraction of sp³-hybridized carbons (Fsp3) is 0.250. The molecule has 0 aliphatic rings. The van der Waals surface area contributed by atoms with Gasteiger partial charge in [-0.2, -0.15) is 0 Å². The number of nitrogens with one attached hydrogen (secondary N) is 1. The maximum Gasteiger partial charge on any atom is 0.129 e. The van der Waals surface area contributed by atoms with Crippen LogP contribution in [0.4, 0.5) is 4.39 Å². The number of halogens is 1. The Morgan fingerprint density at radius 1 is 1.15 bits per heavy atom. The lowest BCUT2D eigenvalue weighted by Crippen LogP contribution is -2.22. The van der Waals surface area contributed by atoms with Crippen molar-refractivity contribution in [2.75, 3.05) is 13.7 Å². The lowest BCUT2D eigenvalue weighted by Gasteiger charge is -2.14. The monoisotopic (exact) mass is 275 g/mol. The molecule has 0 saturated heterocycles. The summed E-state index contributed by atoms with van der Waals surface area (Å²) in [5, 5.41) is 13.1. The van der Waals surface area contributed by atoms with Gasteiger partial charge in [-0.3, -0.25) is 0 Å². The number of hydrogen-bond acceptors (Lipinski definition) is 3. The summed E-state index contributed by atoms with van der Waals surface area (Å²) in [7, 11) is 1.62. The molecule has 0 aliphatic heterocycles. The van der Waals surface area contributed by atoms with Gasteiger partial charge in [0.25, 0.3) is 0 Å². The number of ether oxygens (including phenoxy) is 1. The second-order valence-corrected chi connectivity index (χ2v) is 4.48. The smallest absolute Gasteiger partial charge is 0.129 e. The summed E-state index contributed by atoms with van der Waals surface area (Å²) >= 11 is 0. The summed E-state index contributed by atoms with van der Waals surface area (Å²) in [6.45, 7) is 0.828. The molecule has 0 radical (unpaired) electrons. The van der Waals surface area contributed by atoms with Crippen LogP contribution < -0.4 is 10.1 Å². The molecule has 20 heavy (non-hydrogen) atoms. The molecule has 4 heteroatoms. The molecule has 2 N–H and O–H groups in total. The summed E-state index contributed by atoms with van der Waals surface area (Å²) in [4.78, 5) is 0. The van der Waals surface area contributed by atoms with E-state index in [0.717, 1.165) is 11.3 Å². The van der Waals surface area contributed by atoms with Crippen LogP contribution in [-0.2, 0) is 6.54 Å². The fourth-order valence-corrected chi connectivity index (χ4v) is 2.05. The van der Waals surface area contributed by atoms with Crippen molar-refractivity contribution in [3.63, 3.8) is 0 Å². The van der Waals surface area contributed by atoms with E-state index in [1.54, 1.807) is 25.3 Å². The van der Waals surface area contributed by atoms with Crippen LogP contribution in [0.15, 0.2) is 48.5 Å². The lowest BCUT2D eigenvalue weighted by atomic mass is 10.1. The second kappa shape index (κ2) is 7.03. The SMILES string of the molecule is COc1ccccc1CNCC(O)c1ccccc1F. The van der Waals surface area contributed by atoms with Gasteiger partial charge in [-0.25, -0.2) is 4.39 Å². The van der Waals surface area contributed by atoms with Crippen LogP contribution in [0.1, 0.15) is 17.2 Å². The zero-order valence-electron chi connectivity index (χ0n) is 11.3. The largest absolute Gasteiger partial charge is 0.496 e. The molecule has 0 fully saturated rings. The Bertz CT molecular complexity index is 560. The van der Waals surface area contributed by atoms with Crippen LogP contribution >= 0.6 is 0 Å². The van der Waals surface area contributed by atoms with Gasteiger partial charge in [-0.05, 0) is 12.1 Å². The van der Waals surface area contributed by atoms with Crippen molar-refractivity contribution in [2.24, 2.45) is 0 Å². The third kappa shape index (κ3) is 3.56.